The molecule has 10 heteroatoms. The smallest absolute Gasteiger partial charge is 0.174 e. The number of rotatable bonds is 28. The van der Waals surface area contributed by atoms with E-state index in [1.165, 1.54) is 167 Å². The van der Waals surface area contributed by atoms with Gasteiger partial charge in [0.05, 0.1) is 9.58 Å². The maximum Gasteiger partial charge on any atom is 0.174 e. The number of fused-ring (bicyclic) bond motifs is 20. The molecule has 0 atom stereocenters. The van der Waals surface area contributed by atoms with Crippen LogP contribution >= 0.6 is 22.7 Å². The minimum absolute atomic E-state index is 0.688. The number of hydrogen-bond acceptors (Lipinski definition) is 8. The van der Waals surface area contributed by atoms with Crippen molar-refractivity contribution in [3.63, 3.8) is 0 Å². The zero-order valence-electron chi connectivity index (χ0n) is 42.9. The largest absolute Gasteiger partial charge is 0.324 e. The van der Waals surface area contributed by atoms with Crippen LogP contribution < -0.4 is 0 Å². The van der Waals surface area contributed by atoms with Gasteiger partial charge in [0.2, 0.25) is 0 Å². The summed E-state index contributed by atoms with van der Waals surface area (Å²) in [6.45, 7) is 9.20. The number of aromatic amines is 2. The Hall–Kier alpha value is -4.80. The molecular weight excluding hydrogens is 897 g/mol. The topological polar surface area (TPSA) is 109 Å². The number of aromatic nitrogens is 8. The maximum atomic E-state index is 5.80. The second kappa shape index (κ2) is 25.0. The van der Waals surface area contributed by atoms with E-state index in [0.29, 0.717) is 11.6 Å². The molecule has 9 rings (SSSR count). The van der Waals surface area contributed by atoms with Crippen molar-refractivity contribution in [2.45, 2.75) is 207 Å². The summed E-state index contributed by atoms with van der Waals surface area (Å²) in [4.78, 5) is 41.7. The molecule has 2 aliphatic heterocycles. The zero-order chi connectivity index (χ0) is 48.1. The van der Waals surface area contributed by atoms with Gasteiger partial charge in [-0.2, -0.15) is 0 Å². The Kier molecular flexibility index (Phi) is 17.9. The standard InChI is InChI=1S/C60H78N8S2/c1-5-9-13-17-21-25-29-41-33-34-42(30-26-22-18-14-10-6-2)48-47(41)55-61-53-45-37-39-69-51(45)59(62-53)63-54-46-38-40-70-52(46)60(64-54)68-58-50-44(32-28-24-20-16-12-8-4)36-35-43(31-27-23-19-15-11-7-3)49(50)57(67-58)66-56(48)65-55/h33-40H,5-32H2,1-4H3,(H2,61,62,63,64,65,66,67,68). The van der Waals surface area contributed by atoms with Crippen LogP contribution in [0.1, 0.15) is 204 Å². The second-order valence-corrected chi connectivity index (χ2v) is 22.1. The summed E-state index contributed by atoms with van der Waals surface area (Å²) in [5.74, 6) is 2.90. The van der Waals surface area contributed by atoms with Gasteiger partial charge in [-0.25, -0.2) is 29.9 Å². The fraction of sp³-hybridized carbons (Fsp3) is 0.533. The number of H-pyrrole nitrogens is 2. The number of thiophene rings is 2. The molecule has 0 fully saturated rings. The van der Waals surface area contributed by atoms with E-state index in [0.717, 1.165) is 112 Å². The molecule has 5 aromatic heterocycles. The highest BCUT2D eigenvalue weighted by atomic mass is 32.1. The van der Waals surface area contributed by atoms with Crippen molar-refractivity contribution in [3.8, 4) is 44.9 Å². The first-order chi connectivity index (χ1) is 34.6. The minimum Gasteiger partial charge on any atom is -0.324 e. The van der Waals surface area contributed by atoms with Crippen LogP contribution in [0.25, 0.3) is 88.3 Å². The molecule has 8 nitrogen and oxygen atoms in total. The first-order valence-corrected chi connectivity index (χ1v) is 29.6. The highest BCUT2D eigenvalue weighted by Gasteiger charge is 2.28. The van der Waals surface area contributed by atoms with Crippen LogP contribution in [-0.2, 0) is 25.7 Å². The van der Waals surface area contributed by atoms with E-state index in [1.54, 1.807) is 22.7 Å². The number of benzene rings is 2. The summed E-state index contributed by atoms with van der Waals surface area (Å²) in [6.07, 6.45) is 34.1. The Balaban J connectivity index is 1.29. The molecule has 2 aliphatic rings. The van der Waals surface area contributed by atoms with E-state index in [1.807, 2.05) is 0 Å². The molecule has 370 valence electrons. The van der Waals surface area contributed by atoms with Gasteiger partial charge in [0.15, 0.2) is 28.9 Å². The summed E-state index contributed by atoms with van der Waals surface area (Å²) in [7, 11) is 0. The van der Waals surface area contributed by atoms with Crippen LogP contribution in [0, 0.1) is 0 Å². The molecule has 2 N–H and O–H groups in total. The Morgan fingerprint density at radius 3 is 1.29 bits per heavy atom. The molecule has 7 aromatic rings. The van der Waals surface area contributed by atoms with Crippen LogP contribution in [0.15, 0.2) is 47.2 Å². The second-order valence-electron chi connectivity index (χ2n) is 20.3. The SMILES string of the molecule is CCCCCCCCc1ccc(CCCCCCCC)c2c1-c1nc-2nc2[nH]c(nc3nc(nc4[nH]c(n1)c1sccc41)-c1sccc1-3)c1c(CCCCCCCC)ccc(CCCCCCCC)c21. The highest BCUT2D eigenvalue weighted by molar-refractivity contribution is 7.18. The number of hydrogen-bond donors (Lipinski definition) is 2. The molecule has 2 aromatic carbocycles. The normalized spacial score (nSPS) is 12.2. The molecular formula is C60H78N8S2. The number of nitrogens with zero attached hydrogens (tertiary/aromatic N) is 6. The van der Waals surface area contributed by atoms with Crippen LogP contribution in [0.3, 0.4) is 0 Å². The van der Waals surface area contributed by atoms with Crippen LogP contribution in [0.2, 0.25) is 0 Å². The summed E-state index contributed by atoms with van der Waals surface area (Å²) < 4.78 is 1.08. The third kappa shape index (κ3) is 11.6. The van der Waals surface area contributed by atoms with E-state index < -0.39 is 0 Å². The average molecular weight is 975 g/mol. The van der Waals surface area contributed by atoms with Gasteiger partial charge in [0.1, 0.15) is 16.9 Å². The molecule has 70 heavy (non-hydrogen) atoms. The van der Waals surface area contributed by atoms with Gasteiger partial charge in [-0.1, -0.05) is 180 Å². The quantitative estimate of drug-likeness (QED) is 0.0473. The summed E-state index contributed by atoms with van der Waals surface area (Å²) >= 11 is 3.38. The molecule has 0 saturated heterocycles. The Morgan fingerprint density at radius 2 is 0.757 bits per heavy atom. The van der Waals surface area contributed by atoms with Crippen molar-refractivity contribution in [1.82, 2.24) is 39.9 Å². The Labute approximate surface area is 425 Å². The van der Waals surface area contributed by atoms with E-state index in [-0.39, 0.29) is 0 Å². The van der Waals surface area contributed by atoms with Crippen LogP contribution in [0.5, 0.6) is 0 Å². The molecule has 0 unspecified atom stereocenters. The van der Waals surface area contributed by atoms with Crippen molar-refractivity contribution >= 4 is 66.1 Å². The Bertz CT molecular complexity index is 2990. The Morgan fingerprint density at radius 1 is 0.357 bits per heavy atom. The van der Waals surface area contributed by atoms with E-state index in [4.69, 9.17) is 29.9 Å². The molecule has 0 radical (unpaired) electrons. The van der Waals surface area contributed by atoms with E-state index >= 15 is 0 Å². The van der Waals surface area contributed by atoms with Crippen molar-refractivity contribution in [2.24, 2.45) is 0 Å². The summed E-state index contributed by atoms with van der Waals surface area (Å²) in [6, 6.07) is 14.0. The lowest BCUT2D eigenvalue weighted by molar-refractivity contribution is 0.606. The van der Waals surface area contributed by atoms with Crippen molar-refractivity contribution in [2.75, 3.05) is 0 Å². The predicted molar refractivity (Wildman–Crippen MR) is 300 cm³/mol. The molecule has 0 amide bonds. The van der Waals surface area contributed by atoms with Crippen molar-refractivity contribution in [1.29, 1.82) is 0 Å². The molecule has 0 spiro atoms. The van der Waals surface area contributed by atoms with Crippen LogP contribution in [0.4, 0.5) is 0 Å². The van der Waals surface area contributed by atoms with Gasteiger partial charge in [0.25, 0.3) is 0 Å². The van der Waals surface area contributed by atoms with E-state index in [2.05, 4.69) is 84.8 Å². The highest BCUT2D eigenvalue weighted by Crippen LogP contribution is 2.43. The summed E-state index contributed by atoms with van der Waals surface area (Å²) in [5, 5.41) is 7.73. The third-order valence-corrected chi connectivity index (χ3v) is 16.7. The van der Waals surface area contributed by atoms with Gasteiger partial charge in [-0.3, -0.25) is 0 Å². The first kappa shape index (κ1) is 50.2. The monoisotopic (exact) mass is 975 g/mol. The number of nitrogens with one attached hydrogen (secondary N) is 2. The molecule has 0 aliphatic carbocycles. The fourth-order valence-electron chi connectivity index (χ4n) is 11.0. The lowest BCUT2D eigenvalue weighted by Crippen LogP contribution is -1.98. The zero-order valence-corrected chi connectivity index (χ0v) is 44.6. The van der Waals surface area contributed by atoms with Gasteiger partial charge in [-0.05, 0) is 96.5 Å². The van der Waals surface area contributed by atoms with Crippen molar-refractivity contribution in [3.05, 3.63) is 69.4 Å². The van der Waals surface area contributed by atoms with Gasteiger partial charge in [0, 0.05) is 32.8 Å². The molecule has 8 bridgehead atoms. The van der Waals surface area contributed by atoms with Crippen LogP contribution in [-0.4, -0.2) is 39.9 Å². The maximum absolute atomic E-state index is 5.80. The number of aryl methyl sites for hydroxylation is 4. The van der Waals surface area contributed by atoms with Gasteiger partial charge >= 0.3 is 0 Å². The first-order valence-electron chi connectivity index (χ1n) is 27.9. The summed E-state index contributed by atoms with van der Waals surface area (Å²) in [5.41, 5.74) is 11.9. The molecule has 7 heterocycles. The minimum atomic E-state index is 0.688. The predicted octanol–water partition coefficient (Wildman–Crippen LogP) is 18.6. The molecule has 0 saturated carbocycles. The lowest BCUT2D eigenvalue weighted by atomic mass is 9.91. The fourth-order valence-corrected chi connectivity index (χ4v) is 12.6. The van der Waals surface area contributed by atoms with E-state index in [9.17, 15) is 0 Å². The lowest BCUT2D eigenvalue weighted by Gasteiger charge is -2.13. The van der Waals surface area contributed by atoms with Gasteiger partial charge in [-0.15, -0.1) is 22.7 Å². The third-order valence-electron chi connectivity index (χ3n) is 14.9. The van der Waals surface area contributed by atoms with Crippen molar-refractivity contribution < 1.29 is 0 Å². The average Bonchev–Trinajstić information content (AvgIpc) is 4.24. The number of unbranched alkanes of at least 4 members (excludes halogenated alkanes) is 20. The van der Waals surface area contributed by atoms with Gasteiger partial charge < -0.3 is 9.97 Å².